The molecule has 0 aromatic heterocycles. The van der Waals surface area contributed by atoms with Gasteiger partial charge in [0, 0.05) is 42.3 Å². The largest absolute Gasteiger partial charge is 0.368 e. The van der Waals surface area contributed by atoms with Crippen LogP contribution >= 0.6 is 11.8 Å². The summed E-state index contributed by atoms with van der Waals surface area (Å²) in [5, 5.41) is 2.42. The number of ketones is 1. The van der Waals surface area contributed by atoms with Gasteiger partial charge in [-0.25, -0.2) is 0 Å². The number of fused-ring (bicyclic) bond motifs is 1. The van der Waals surface area contributed by atoms with Crippen LogP contribution in [0.15, 0.2) is 71.6 Å². The van der Waals surface area contributed by atoms with Crippen LogP contribution in [0.3, 0.4) is 0 Å². The van der Waals surface area contributed by atoms with E-state index >= 15 is 0 Å². The van der Waals surface area contributed by atoms with Gasteiger partial charge in [-0.2, -0.15) is 0 Å². The molecule has 0 unspecified atom stereocenters. The Morgan fingerprint density at radius 3 is 2.24 bits per heavy atom. The van der Waals surface area contributed by atoms with Gasteiger partial charge < -0.3 is 9.80 Å². The van der Waals surface area contributed by atoms with Crippen molar-refractivity contribution in [3.05, 3.63) is 72.3 Å². The molecule has 1 amide bonds. The van der Waals surface area contributed by atoms with Crippen molar-refractivity contribution in [3.8, 4) is 0 Å². The van der Waals surface area contributed by atoms with Crippen molar-refractivity contribution in [2.24, 2.45) is 0 Å². The molecule has 148 valence electrons. The second-order valence-corrected chi connectivity index (χ2v) is 8.32. The maximum atomic E-state index is 12.6. The van der Waals surface area contributed by atoms with E-state index < -0.39 is 0 Å². The monoisotopic (exact) mass is 404 g/mol. The molecular weight excluding hydrogens is 380 g/mol. The zero-order chi connectivity index (χ0) is 20.2. The number of benzene rings is 3. The van der Waals surface area contributed by atoms with Gasteiger partial charge in [0.25, 0.3) is 0 Å². The maximum absolute atomic E-state index is 12.6. The van der Waals surface area contributed by atoms with Gasteiger partial charge in [0.05, 0.1) is 5.75 Å². The molecule has 0 N–H and O–H groups in total. The highest BCUT2D eigenvalue weighted by Crippen LogP contribution is 2.24. The normalized spacial score (nSPS) is 14.2. The van der Waals surface area contributed by atoms with Gasteiger partial charge in [-0.1, -0.05) is 30.3 Å². The number of carbonyl (C=O) groups is 2. The van der Waals surface area contributed by atoms with Crippen LogP contribution in [0.25, 0.3) is 10.8 Å². The minimum Gasteiger partial charge on any atom is -0.368 e. The molecule has 0 spiro atoms. The van der Waals surface area contributed by atoms with E-state index in [-0.39, 0.29) is 11.7 Å². The molecule has 3 aromatic carbocycles. The summed E-state index contributed by atoms with van der Waals surface area (Å²) in [4.78, 5) is 29.4. The van der Waals surface area contributed by atoms with Gasteiger partial charge in [0.1, 0.15) is 0 Å². The van der Waals surface area contributed by atoms with Crippen LogP contribution in [-0.4, -0.2) is 48.5 Å². The first-order valence-corrected chi connectivity index (χ1v) is 10.8. The zero-order valence-corrected chi connectivity index (χ0v) is 17.3. The van der Waals surface area contributed by atoms with Crippen LogP contribution in [0.2, 0.25) is 0 Å². The molecule has 4 rings (SSSR count). The predicted molar refractivity (Wildman–Crippen MR) is 120 cm³/mol. The third-order valence-electron chi connectivity index (χ3n) is 5.35. The fourth-order valence-electron chi connectivity index (χ4n) is 3.61. The minimum absolute atomic E-state index is 0.0795. The fraction of sp³-hybridized carbons (Fsp3) is 0.250. The third-order valence-corrected chi connectivity index (χ3v) is 6.33. The summed E-state index contributed by atoms with van der Waals surface area (Å²) < 4.78 is 0. The lowest BCUT2D eigenvalue weighted by atomic mass is 10.1. The Bertz CT molecular complexity index is 1020. The Morgan fingerprint density at radius 1 is 0.862 bits per heavy atom. The molecule has 0 saturated carbocycles. The number of amides is 1. The lowest BCUT2D eigenvalue weighted by Gasteiger charge is -2.36. The van der Waals surface area contributed by atoms with E-state index in [2.05, 4.69) is 35.2 Å². The van der Waals surface area contributed by atoms with Gasteiger partial charge in [-0.15, -0.1) is 11.8 Å². The standard InChI is InChI=1S/C24H24N2O2S/c1-18(27)19-6-9-22(10-7-19)25-12-14-26(15-13-25)24(28)17-29-23-11-8-20-4-2-3-5-21(20)16-23/h2-11,16H,12-15,17H2,1H3. The summed E-state index contributed by atoms with van der Waals surface area (Å²) in [7, 11) is 0. The Hall–Kier alpha value is -2.79. The fourth-order valence-corrected chi connectivity index (χ4v) is 4.46. The number of piperazine rings is 1. The predicted octanol–water partition coefficient (Wildman–Crippen LogP) is 4.48. The van der Waals surface area contributed by atoms with E-state index in [1.165, 1.54) is 10.8 Å². The molecule has 0 aliphatic carbocycles. The molecule has 4 nitrogen and oxygen atoms in total. The number of hydrogen-bond donors (Lipinski definition) is 0. The average Bonchev–Trinajstić information content (AvgIpc) is 2.77. The van der Waals surface area contributed by atoms with Gasteiger partial charge in [0.2, 0.25) is 5.91 Å². The summed E-state index contributed by atoms with van der Waals surface area (Å²) in [6.07, 6.45) is 0. The molecule has 1 saturated heterocycles. The van der Waals surface area contributed by atoms with E-state index in [4.69, 9.17) is 0 Å². The number of carbonyl (C=O) groups excluding carboxylic acids is 2. The average molecular weight is 405 g/mol. The molecule has 5 heteroatoms. The van der Waals surface area contributed by atoms with Crippen molar-refractivity contribution >= 4 is 39.9 Å². The number of nitrogens with zero attached hydrogens (tertiary/aromatic N) is 2. The van der Waals surface area contributed by atoms with Crippen molar-refractivity contribution in [3.63, 3.8) is 0 Å². The first kappa shape index (κ1) is 19.5. The van der Waals surface area contributed by atoms with Gasteiger partial charge in [0.15, 0.2) is 5.78 Å². The van der Waals surface area contributed by atoms with Crippen molar-refractivity contribution < 1.29 is 9.59 Å². The van der Waals surface area contributed by atoms with Crippen molar-refractivity contribution in [1.82, 2.24) is 4.90 Å². The van der Waals surface area contributed by atoms with Crippen LogP contribution in [0.4, 0.5) is 5.69 Å². The van der Waals surface area contributed by atoms with E-state index in [0.29, 0.717) is 5.75 Å². The Balaban J connectivity index is 1.29. The summed E-state index contributed by atoms with van der Waals surface area (Å²) in [6.45, 7) is 4.66. The SMILES string of the molecule is CC(=O)c1ccc(N2CCN(C(=O)CSc3ccc4ccccc4c3)CC2)cc1. The quantitative estimate of drug-likeness (QED) is 0.464. The van der Waals surface area contributed by atoms with Crippen molar-refractivity contribution in [1.29, 1.82) is 0 Å². The Labute approximate surface area is 175 Å². The van der Waals surface area contributed by atoms with Gasteiger partial charge in [-0.05, 0) is 54.1 Å². The number of thioether (sulfide) groups is 1. The topological polar surface area (TPSA) is 40.6 Å². The molecule has 3 aromatic rings. The first-order valence-electron chi connectivity index (χ1n) is 9.85. The number of Topliss-reactive ketones (excluding diaryl/α,β-unsaturated/α-hetero) is 1. The van der Waals surface area contributed by atoms with E-state index in [1.54, 1.807) is 18.7 Å². The van der Waals surface area contributed by atoms with Gasteiger partial charge in [-0.3, -0.25) is 9.59 Å². The van der Waals surface area contributed by atoms with Crippen molar-refractivity contribution in [2.45, 2.75) is 11.8 Å². The minimum atomic E-state index is 0.0795. The van der Waals surface area contributed by atoms with Crippen LogP contribution in [0.5, 0.6) is 0 Å². The zero-order valence-electron chi connectivity index (χ0n) is 16.5. The highest BCUT2D eigenvalue weighted by Gasteiger charge is 2.21. The summed E-state index contributed by atoms with van der Waals surface area (Å²) in [5.41, 5.74) is 1.83. The summed E-state index contributed by atoms with van der Waals surface area (Å²) in [6, 6.07) is 22.3. The highest BCUT2D eigenvalue weighted by molar-refractivity contribution is 8.00. The lowest BCUT2D eigenvalue weighted by Crippen LogP contribution is -2.49. The van der Waals surface area contributed by atoms with Crippen LogP contribution in [0.1, 0.15) is 17.3 Å². The molecule has 0 radical (unpaired) electrons. The second kappa shape index (κ2) is 8.70. The number of hydrogen-bond acceptors (Lipinski definition) is 4. The molecule has 29 heavy (non-hydrogen) atoms. The van der Waals surface area contributed by atoms with Crippen LogP contribution < -0.4 is 4.90 Å². The van der Waals surface area contributed by atoms with Gasteiger partial charge >= 0.3 is 0 Å². The van der Waals surface area contributed by atoms with E-state index in [0.717, 1.165) is 42.3 Å². The lowest BCUT2D eigenvalue weighted by molar-refractivity contribution is -0.128. The molecule has 1 heterocycles. The van der Waals surface area contributed by atoms with E-state index in [9.17, 15) is 9.59 Å². The Kier molecular flexibility index (Phi) is 5.86. The molecular formula is C24H24N2O2S. The highest BCUT2D eigenvalue weighted by atomic mass is 32.2. The van der Waals surface area contributed by atoms with Crippen LogP contribution in [-0.2, 0) is 4.79 Å². The number of anilines is 1. The molecule has 0 bridgehead atoms. The van der Waals surface area contributed by atoms with Crippen molar-refractivity contribution in [2.75, 3.05) is 36.8 Å². The molecule has 1 aliphatic heterocycles. The van der Waals surface area contributed by atoms with Crippen LogP contribution in [0, 0.1) is 0 Å². The third kappa shape index (κ3) is 4.62. The molecule has 0 atom stereocenters. The summed E-state index contributed by atoms with van der Waals surface area (Å²) >= 11 is 1.60. The summed E-state index contributed by atoms with van der Waals surface area (Å²) in [5.74, 6) is 0.733. The molecule has 1 aliphatic rings. The first-order chi connectivity index (χ1) is 14.1. The number of rotatable bonds is 5. The maximum Gasteiger partial charge on any atom is 0.233 e. The van der Waals surface area contributed by atoms with E-state index in [1.807, 2.05) is 41.3 Å². The molecule has 1 fully saturated rings. The second-order valence-electron chi connectivity index (χ2n) is 7.27. The Morgan fingerprint density at radius 2 is 1.55 bits per heavy atom. The smallest absolute Gasteiger partial charge is 0.233 e.